The van der Waals surface area contributed by atoms with E-state index in [1.807, 2.05) is 11.3 Å². The molecular formula is C12H19NS. The Morgan fingerprint density at radius 3 is 3.14 bits per heavy atom. The van der Waals surface area contributed by atoms with Crippen molar-refractivity contribution in [2.24, 2.45) is 5.92 Å². The van der Waals surface area contributed by atoms with Gasteiger partial charge in [0.2, 0.25) is 0 Å². The molecule has 0 aromatic carbocycles. The van der Waals surface area contributed by atoms with Crippen molar-refractivity contribution in [3.63, 3.8) is 0 Å². The first kappa shape index (κ1) is 10.2. The summed E-state index contributed by atoms with van der Waals surface area (Å²) in [6.07, 6.45) is 2.60. The Kier molecular flexibility index (Phi) is 2.93. The SMILES string of the molecule is CCCNCC1CC1(C)c1ccsc1. The Bertz CT molecular complexity index is 281. The molecular weight excluding hydrogens is 190 g/mol. The quantitative estimate of drug-likeness (QED) is 0.735. The lowest BCUT2D eigenvalue weighted by Crippen LogP contribution is -2.20. The van der Waals surface area contributed by atoms with E-state index in [1.54, 1.807) is 5.56 Å². The largest absolute Gasteiger partial charge is 0.316 e. The number of thiophene rings is 1. The van der Waals surface area contributed by atoms with Crippen molar-refractivity contribution in [2.75, 3.05) is 13.1 Å². The second kappa shape index (κ2) is 4.03. The van der Waals surface area contributed by atoms with E-state index in [4.69, 9.17) is 0 Å². The monoisotopic (exact) mass is 209 g/mol. The van der Waals surface area contributed by atoms with Gasteiger partial charge in [0.1, 0.15) is 0 Å². The molecule has 1 aromatic heterocycles. The molecule has 1 heterocycles. The van der Waals surface area contributed by atoms with Crippen molar-refractivity contribution in [1.29, 1.82) is 0 Å². The van der Waals surface area contributed by atoms with Gasteiger partial charge in [-0.3, -0.25) is 0 Å². The molecule has 1 N–H and O–H groups in total. The zero-order valence-corrected chi connectivity index (χ0v) is 9.86. The summed E-state index contributed by atoms with van der Waals surface area (Å²) in [5.74, 6) is 0.864. The minimum atomic E-state index is 0.487. The molecule has 78 valence electrons. The number of nitrogens with one attached hydrogen (secondary N) is 1. The van der Waals surface area contributed by atoms with Crippen LogP contribution < -0.4 is 5.32 Å². The van der Waals surface area contributed by atoms with E-state index in [-0.39, 0.29) is 0 Å². The minimum Gasteiger partial charge on any atom is -0.316 e. The Balaban J connectivity index is 1.84. The molecule has 1 saturated carbocycles. The zero-order valence-electron chi connectivity index (χ0n) is 9.05. The van der Waals surface area contributed by atoms with E-state index >= 15 is 0 Å². The van der Waals surface area contributed by atoms with Crippen LogP contribution in [0.3, 0.4) is 0 Å². The second-order valence-electron chi connectivity index (χ2n) is 4.53. The molecule has 0 radical (unpaired) electrons. The fourth-order valence-corrected chi connectivity index (χ4v) is 2.94. The highest BCUT2D eigenvalue weighted by Crippen LogP contribution is 2.53. The molecule has 1 fully saturated rings. The van der Waals surface area contributed by atoms with Crippen LogP contribution in [0, 0.1) is 5.92 Å². The molecule has 2 rings (SSSR count). The van der Waals surface area contributed by atoms with E-state index in [2.05, 4.69) is 36.0 Å². The van der Waals surface area contributed by atoms with E-state index in [0.29, 0.717) is 5.41 Å². The van der Waals surface area contributed by atoms with Gasteiger partial charge in [0, 0.05) is 0 Å². The molecule has 1 aliphatic rings. The van der Waals surface area contributed by atoms with E-state index in [0.717, 1.165) is 12.5 Å². The lowest BCUT2D eigenvalue weighted by atomic mass is 9.99. The maximum Gasteiger partial charge on any atom is -0.00118 e. The predicted octanol–water partition coefficient (Wildman–Crippen LogP) is 3.03. The minimum absolute atomic E-state index is 0.487. The summed E-state index contributed by atoms with van der Waals surface area (Å²) in [5.41, 5.74) is 2.03. The van der Waals surface area contributed by atoms with Crippen molar-refractivity contribution in [3.05, 3.63) is 22.4 Å². The van der Waals surface area contributed by atoms with E-state index in [1.165, 1.54) is 19.4 Å². The average molecular weight is 209 g/mol. The Hall–Kier alpha value is -0.340. The maximum atomic E-state index is 3.52. The third-order valence-electron chi connectivity index (χ3n) is 3.41. The third kappa shape index (κ3) is 1.86. The number of hydrogen-bond donors (Lipinski definition) is 1. The van der Waals surface area contributed by atoms with Gasteiger partial charge in [-0.25, -0.2) is 0 Å². The summed E-state index contributed by atoms with van der Waals surface area (Å²) >= 11 is 1.82. The fourth-order valence-electron chi connectivity index (χ4n) is 2.15. The molecule has 1 nitrogen and oxygen atoms in total. The van der Waals surface area contributed by atoms with Crippen LogP contribution >= 0.6 is 11.3 Å². The van der Waals surface area contributed by atoms with Gasteiger partial charge in [-0.1, -0.05) is 13.8 Å². The van der Waals surface area contributed by atoms with Gasteiger partial charge >= 0.3 is 0 Å². The van der Waals surface area contributed by atoms with Crippen LogP contribution in [0.2, 0.25) is 0 Å². The van der Waals surface area contributed by atoms with E-state index < -0.39 is 0 Å². The van der Waals surface area contributed by atoms with Crippen LogP contribution in [-0.4, -0.2) is 13.1 Å². The third-order valence-corrected chi connectivity index (χ3v) is 4.09. The summed E-state index contributed by atoms with van der Waals surface area (Å²) in [6.45, 7) is 6.97. The Morgan fingerprint density at radius 2 is 2.50 bits per heavy atom. The van der Waals surface area contributed by atoms with Crippen LogP contribution in [0.5, 0.6) is 0 Å². The highest BCUT2D eigenvalue weighted by molar-refractivity contribution is 7.08. The van der Waals surface area contributed by atoms with Crippen LogP contribution in [0.4, 0.5) is 0 Å². The normalized spacial score (nSPS) is 30.6. The first-order valence-corrected chi connectivity index (χ1v) is 6.45. The Labute approximate surface area is 90.5 Å². The molecule has 1 aromatic rings. The summed E-state index contributed by atoms with van der Waals surface area (Å²) in [6, 6.07) is 2.28. The molecule has 0 spiro atoms. The molecule has 14 heavy (non-hydrogen) atoms. The standard InChI is InChI=1S/C12H19NS/c1-3-5-13-8-11-7-12(11,2)10-4-6-14-9-10/h4,6,9,11,13H,3,5,7-8H2,1-2H3. The lowest BCUT2D eigenvalue weighted by molar-refractivity contribution is 0.576. The van der Waals surface area contributed by atoms with Crippen molar-refractivity contribution in [3.8, 4) is 0 Å². The molecule has 2 heteroatoms. The smallest absolute Gasteiger partial charge is 0.00118 e. The molecule has 0 saturated heterocycles. The van der Waals surface area contributed by atoms with Crippen molar-refractivity contribution in [1.82, 2.24) is 5.32 Å². The highest BCUT2D eigenvalue weighted by Gasteiger charge is 2.50. The first-order valence-electron chi connectivity index (χ1n) is 5.51. The van der Waals surface area contributed by atoms with Crippen LogP contribution in [0.25, 0.3) is 0 Å². The van der Waals surface area contributed by atoms with Gasteiger partial charge in [-0.2, -0.15) is 11.3 Å². The van der Waals surface area contributed by atoms with Gasteiger partial charge < -0.3 is 5.32 Å². The number of rotatable bonds is 5. The predicted molar refractivity (Wildman–Crippen MR) is 62.9 cm³/mol. The summed E-state index contributed by atoms with van der Waals surface area (Å²) in [5, 5.41) is 8.01. The maximum absolute atomic E-state index is 3.52. The van der Waals surface area contributed by atoms with Gasteiger partial charge in [0.05, 0.1) is 0 Å². The second-order valence-corrected chi connectivity index (χ2v) is 5.31. The topological polar surface area (TPSA) is 12.0 Å². The van der Waals surface area contributed by atoms with Crippen LogP contribution in [0.15, 0.2) is 16.8 Å². The zero-order chi connectivity index (χ0) is 10.0. The molecule has 2 unspecified atom stereocenters. The molecule has 0 aliphatic heterocycles. The molecule has 2 atom stereocenters. The van der Waals surface area contributed by atoms with Crippen molar-refractivity contribution < 1.29 is 0 Å². The van der Waals surface area contributed by atoms with Gasteiger partial charge in [0.15, 0.2) is 0 Å². The first-order chi connectivity index (χ1) is 6.77. The van der Waals surface area contributed by atoms with Gasteiger partial charge in [-0.15, -0.1) is 0 Å². The summed E-state index contributed by atoms with van der Waals surface area (Å²) in [4.78, 5) is 0. The highest BCUT2D eigenvalue weighted by atomic mass is 32.1. The van der Waals surface area contributed by atoms with Crippen molar-refractivity contribution in [2.45, 2.75) is 32.1 Å². The van der Waals surface area contributed by atoms with Crippen LogP contribution in [0.1, 0.15) is 32.3 Å². The molecule has 1 aliphatic carbocycles. The fraction of sp³-hybridized carbons (Fsp3) is 0.667. The Morgan fingerprint density at radius 1 is 1.64 bits per heavy atom. The van der Waals surface area contributed by atoms with Gasteiger partial charge in [0.25, 0.3) is 0 Å². The van der Waals surface area contributed by atoms with Crippen molar-refractivity contribution >= 4 is 11.3 Å². The number of hydrogen-bond acceptors (Lipinski definition) is 2. The molecule has 0 amide bonds. The average Bonchev–Trinajstić information content (AvgIpc) is 2.69. The van der Waals surface area contributed by atoms with Gasteiger partial charge in [-0.05, 0) is 59.7 Å². The lowest BCUT2D eigenvalue weighted by Gasteiger charge is -2.09. The van der Waals surface area contributed by atoms with Crippen LogP contribution in [-0.2, 0) is 5.41 Å². The summed E-state index contributed by atoms with van der Waals surface area (Å²) in [7, 11) is 0. The summed E-state index contributed by atoms with van der Waals surface area (Å²) < 4.78 is 0. The van der Waals surface area contributed by atoms with E-state index in [9.17, 15) is 0 Å². The molecule has 0 bridgehead atoms.